The molecule has 0 bridgehead atoms. The number of nitrogens with two attached hydrogens (primary N) is 1. The standard InChI is InChI=1S/C10H19NSi/c1-8-5-9(11)7-10(6-8)12(2,3)4/h5,7-8H,6,11H2,1-4H3. The minimum atomic E-state index is -1.10. The van der Waals surface area contributed by atoms with Crippen LogP contribution in [0.1, 0.15) is 13.3 Å². The van der Waals surface area contributed by atoms with Crippen molar-refractivity contribution in [3.8, 4) is 0 Å². The summed E-state index contributed by atoms with van der Waals surface area (Å²) in [5, 5.41) is 1.61. The lowest BCUT2D eigenvalue weighted by Gasteiger charge is -2.26. The van der Waals surface area contributed by atoms with E-state index in [1.165, 1.54) is 6.42 Å². The highest BCUT2D eigenvalue weighted by molar-refractivity contribution is 6.83. The van der Waals surface area contributed by atoms with Crippen molar-refractivity contribution in [3.05, 3.63) is 23.0 Å². The molecule has 68 valence electrons. The van der Waals surface area contributed by atoms with Gasteiger partial charge >= 0.3 is 0 Å². The fourth-order valence-corrected chi connectivity index (χ4v) is 3.10. The maximum atomic E-state index is 5.82. The van der Waals surface area contributed by atoms with Crippen LogP contribution in [0.3, 0.4) is 0 Å². The van der Waals surface area contributed by atoms with Crippen LogP contribution in [-0.2, 0) is 0 Å². The molecule has 1 aliphatic carbocycles. The van der Waals surface area contributed by atoms with Gasteiger partial charge in [0.1, 0.15) is 0 Å². The molecule has 2 heteroatoms. The van der Waals surface area contributed by atoms with Gasteiger partial charge in [0.05, 0.1) is 8.07 Å². The smallest absolute Gasteiger partial charge is 0.0725 e. The summed E-state index contributed by atoms with van der Waals surface area (Å²) in [5.41, 5.74) is 6.78. The quantitative estimate of drug-likeness (QED) is 0.618. The molecular weight excluding hydrogens is 162 g/mol. The molecule has 1 nitrogen and oxygen atoms in total. The van der Waals surface area contributed by atoms with E-state index in [0.717, 1.165) is 5.70 Å². The molecule has 1 atom stereocenters. The van der Waals surface area contributed by atoms with Crippen molar-refractivity contribution in [2.24, 2.45) is 11.7 Å². The van der Waals surface area contributed by atoms with E-state index in [9.17, 15) is 0 Å². The Balaban J connectivity index is 2.87. The van der Waals surface area contributed by atoms with Crippen LogP contribution in [0.4, 0.5) is 0 Å². The van der Waals surface area contributed by atoms with Crippen LogP contribution in [0.5, 0.6) is 0 Å². The molecule has 1 rings (SSSR count). The average Bonchev–Trinajstić information content (AvgIpc) is 1.82. The minimum Gasteiger partial charge on any atom is -0.399 e. The molecule has 0 aromatic heterocycles. The van der Waals surface area contributed by atoms with Gasteiger partial charge in [0, 0.05) is 5.70 Å². The Kier molecular flexibility index (Phi) is 2.47. The van der Waals surface area contributed by atoms with E-state index in [2.05, 4.69) is 38.7 Å². The fourth-order valence-electron chi connectivity index (χ4n) is 1.57. The summed E-state index contributed by atoms with van der Waals surface area (Å²) in [7, 11) is -1.10. The van der Waals surface area contributed by atoms with E-state index in [-0.39, 0.29) is 0 Å². The van der Waals surface area contributed by atoms with Crippen molar-refractivity contribution in [2.75, 3.05) is 0 Å². The van der Waals surface area contributed by atoms with Crippen molar-refractivity contribution in [2.45, 2.75) is 33.0 Å². The van der Waals surface area contributed by atoms with Crippen LogP contribution >= 0.6 is 0 Å². The molecule has 0 heterocycles. The van der Waals surface area contributed by atoms with Gasteiger partial charge in [-0.1, -0.05) is 37.8 Å². The highest BCUT2D eigenvalue weighted by Gasteiger charge is 2.22. The van der Waals surface area contributed by atoms with Gasteiger partial charge in [-0.05, 0) is 18.4 Å². The summed E-state index contributed by atoms with van der Waals surface area (Å²) in [5.74, 6) is 0.636. The lowest BCUT2D eigenvalue weighted by molar-refractivity contribution is 0.714. The first-order chi connectivity index (χ1) is 5.39. The van der Waals surface area contributed by atoms with Gasteiger partial charge in [-0.25, -0.2) is 0 Å². The Hall–Kier alpha value is -0.503. The van der Waals surface area contributed by atoms with Crippen LogP contribution in [0.25, 0.3) is 0 Å². The molecule has 1 unspecified atom stereocenters. The molecule has 0 amide bonds. The first kappa shape index (κ1) is 9.58. The molecule has 2 N–H and O–H groups in total. The van der Waals surface area contributed by atoms with Gasteiger partial charge in [-0.2, -0.15) is 0 Å². The predicted molar refractivity (Wildman–Crippen MR) is 57.5 cm³/mol. The lowest BCUT2D eigenvalue weighted by Crippen LogP contribution is -2.27. The third-order valence-electron chi connectivity index (χ3n) is 2.32. The minimum absolute atomic E-state index is 0.636. The third-order valence-corrected chi connectivity index (χ3v) is 4.60. The molecule has 12 heavy (non-hydrogen) atoms. The molecule has 0 fully saturated rings. The Morgan fingerprint density at radius 2 is 2.00 bits per heavy atom. The number of hydrogen-bond acceptors (Lipinski definition) is 1. The van der Waals surface area contributed by atoms with E-state index < -0.39 is 8.07 Å². The zero-order valence-electron chi connectivity index (χ0n) is 8.52. The van der Waals surface area contributed by atoms with Crippen molar-refractivity contribution < 1.29 is 0 Å². The molecule has 0 aliphatic heterocycles. The second kappa shape index (κ2) is 3.09. The lowest BCUT2D eigenvalue weighted by atomic mass is 10.0. The van der Waals surface area contributed by atoms with E-state index >= 15 is 0 Å². The third kappa shape index (κ3) is 2.24. The van der Waals surface area contributed by atoms with Gasteiger partial charge in [0.2, 0.25) is 0 Å². The van der Waals surface area contributed by atoms with E-state index in [1.807, 2.05) is 0 Å². The number of allylic oxidation sites excluding steroid dienone is 3. The van der Waals surface area contributed by atoms with Crippen LogP contribution < -0.4 is 5.73 Å². The SMILES string of the molecule is CC1C=C(N)C=C([Si](C)(C)C)C1. The molecule has 1 aliphatic rings. The summed E-state index contributed by atoms with van der Waals surface area (Å²) in [6, 6.07) is 0. The van der Waals surface area contributed by atoms with Crippen LogP contribution in [0.2, 0.25) is 19.6 Å². The normalized spacial score (nSPS) is 24.8. The first-order valence-electron chi connectivity index (χ1n) is 4.58. The second-order valence-corrected chi connectivity index (χ2v) is 9.91. The number of rotatable bonds is 1. The number of hydrogen-bond donors (Lipinski definition) is 1. The van der Waals surface area contributed by atoms with Gasteiger partial charge in [-0.3, -0.25) is 0 Å². The summed E-state index contributed by atoms with van der Waals surface area (Å²) < 4.78 is 0. The van der Waals surface area contributed by atoms with Crippen LogP contribution in [0, 0.1) is 5.92 Å². The zero-order chi connectivity index (χ0) is 9.35. The van der Waals surface area contributed by atoms with Gasteiger partial charge in [-0.15, -0.1) is 0 Å². The van der Waals surface area contributed by atoms with Crippen molar-refractivity contribution in [3.63, 3.8) is 0 Å². The Labute approximate surface area is 76.4 Å². The van der Waals surface area contributed by atoms with Crippen molar-refractivity contribution in [1.82, 2.24) is 0 Å². The van der Waals surface area contributed by atoms with E-state index in [4.69, 9.17) is 5.73 Å². The maximum absolute atomic E-state index is 5.82. The molecular formula is C10H19NSi. The fraction of sp³-hybridized carbons (Fsp3) is 0.600. The highest BCUT2D eigenvalue weighted by atomic mass is 28.3. The second-order valence-electron chi connectivity index (χ2n) is 4.77. The average molecular weight is 181 g/mol. The predicted octanol–water partition coefficient (Wildman–Crippen LogP) is 2.67. The van der Waals surface area contributed by atoms with E-state index in [0.29, 0.717) is 5.92 Å². The topological polar surface area (TPSA) is 26.0 Å². The van der Waals surface area contributed by atoms with Gasteiger partial charge in [0.15, 0.2) is 0 Å². The van der Waals surface area contributed by atoms with E-state index in [1.54, 1.807) is 5.20 Å². The zero-order valence-corrected chi connectivity index (χ0v) is 9.52. The summed E-state index contributed by atoms with van der Waals surface area (Å²) >= 11 is 0. The Morgan fingerprint density at radius 3 is 2.42 bits per heavy atom. The monoisotopic (exact) mass is 181 g/mol. The molecule has 0 aromatic rings. The summed E-state index contributed by atoms with van der Waals surface area (Å²) in [6.07, 6.45) is 5.56. The van der Waals surface area contributed by atoms with Crippen molar-refractivity contribution >= 4 is 8.07 Å². The Morgan fingerprint density at radius 1 is 1.42 bits per heavy atom. The highest BCUT2D eigenvalue weighted by Crippen LogP contribution is 2.27. The summed E-state index contributed by atoms with van der Waals surface area (Å²) in [6.45, 7) is 9.37. The van der Waals surface area contributed by atoms with Gasteiger partial charge < -0.3 is 5.73 Å². The maximum Gasteiger partial charge on any atom is 0.0725 e. The summed E-state index contributed by atoms with van der Waals surface area (Å²) in [4.78, 5) is 0. The molecule has 0 saturated heterocycles. The first-order valence-corrected chi connectivity index (χ1v) is 8.08. The Bertz CT molecular complexity index is 233. The molecule has 0 radical (unpaired) electrons. The van der Waals surface area contributed by atoms with Crippen molar-refractivity contribution in [1.29, 1.82) is 0 Å². The largest absolute Gasteiger partial charge is 0.399 e. The van der Waals surface area contributed by atoms with Crippen LogP contribution in [0.15, 0.2) is 23.0 Å². The molecule has 0 spiro atoms. The molecule has 0 aromatic carbocycles. The van der Waals surface area contributed by atoms with Crippen LogP contribution in [-0.4, -0.2) is 8.07 Å². The molecule has 0 saturated carbocycles. The van der Waals surface area contributed by atoms with Gasteiger partial charge in [0.25, 0.3) is 0 Å².